The normalized spacial score (nSPS) is 10.6. The van der Waals surface area contributed by atoms with Crippen molar-refractivity contribution in [3.05, 3.63) is 11.5 Å². The Morgan fingerprint density at radius 1 is 1.62 bits per heavy atom. The molecule has 2 N–H and O–H groups in total. The number of anilines is 1. The van der Waals surface area contributed by atoms with Gasteiger partial charge in [-0.25, -0.2) is 4.98 Å². The Bertz CT molecular complexity index is 553. The molecule has 0 unspecified atom stereocenters. The van der Waals surface area contributed by atoms with E-state index in [9.17, 15) is 4.79 Å². The highest BCUT2D eigenvalue weighted by molar-refractivity contribution is 6.33. The Labute approximate surface area is 95.2 Å². The van der Waals surface area contributed by atoms with E-state index in [4.69, 9.17) is 22.1 Å². The summed E-state index contributed by atoms with van der Waals surface area (Å²) in [5.41, 5.74) is 6.30. The lowest BCUT2D eigenvalue weighted by molar-refractivity contribution is -0.144. The van der Waals surface area contributed by atoms with Crippen LogP contribution in [0.3, 0.4) is 0 Å². The van der Waals surface area contributed by atoms with Crippen molar-refractivity contribution in [2.45, 2.75) is 13.7 Å². The highest BCUT2D eigenvalue weighted by Gasteiger charge is 2.10. The molecule has 0 amide bonds. The van der Waals surface area contributed by atoms with Crippen molar-refractivity contribution < 1.29 is 9.53 Å². The number of nitrogens with two attached hydrogens (primary N) is 1. The van der Waals surface area contributed by atoms with Crippen LogP contribution in [0.5, 0.6) is 0 Å². The van der Waals surface area contributed by atoms with Crippen molar-refractivity contribution >= 4 is 34.7 Å². The lowest BCUT2D eigenvalue weighted by atomic mass is 10.5. The first-order valence-corrected chi connectivity index (χ1v) is 4.73. The van der Waals surface area contributed by atoms with Gasteiger partial charge in [-0.3, -0.25) is 9.36 Å². The van der Waals surface area contributed by atoms with E-state index in [1.165, 1.54) is 17.8 Å². The summed E-state index contributed by atoms with van der Waals surface area (Å²) in [7, 11) is 0. The molecule has 16 heavy (non-hydrogen) atoms. The number of aromatic nitrogens is 4. The highest BCUT2D eigenvalue weighted by atomic mass is 35.5. The molecule has 2 heterocycles. The first-order valence-electron chi connectivity index (χ1n) is 4.35. The Hall–Kier alpha value is -1.89. The van der Waals surface area contributed by atoms with E-state index in [-0.39, 0.29) is 17.8 Å². The summed E-state index contributed by atoms with van der Waals surface area (Å²) in [5.74, 6) is -0.350. The van der Waals surface area contributed by atoms with E-state index in [0.29, 0.717) is 11.2 Å². The molecule has 0 bridgehead atoms. The first kappa shape index (κ1) is 10.6. The van der Waals surface area contributed by atoms with E-state index in [2.05, 4.69) is 15.0 Å². The maximum atomic E-state index is 10.7. The van der Waals surface area contributed by atoms with Gasteiger partial charge in [0.25, 0.3) is 0 Å². The number of fused-ring (bicyclic) bond motifs is 1. The minimum Gasteiger partial charge on any atom is -0.444 e. The van der Waals surface area contributed by atoms with Gasteiger partial charge in [0.1, 0.15) is 5.52 Å². The van der Waals surface area contributed by atoms with Crippen LogP contribution in [0, 0.1) is 0 Å². The number of nitrogens with zero attached hydrogens (tertiary/aromatic N) is 4. The number of carbonyl (C=O) groups excluding carboxylic acids is 1. The molecule has 0 aliphatic carbocycles. The Kier molecular flexibility index (Phi) is 2.61. The van der Waals surface area contributed by atoms with Crippen LogP contribution in [0.25, 0.3) is 11.2 Å². The molecule has 2 aromatic rings. The molecular weight excluding hydrogens is 234 g/mol. The molecule has 0 aromatic carbocycles. The number of nitrogen functional groups attached to an aromatic ring is 1. The molecule has 0 aliphatic rings. The van der Waals surface area contributed by atoms with Crippen LogP contribution >= 0.6 is 11.6 Å². The third-order valence-corrected chi connectivity index (χ3v) is 2.11. The number of carbonyl (C=O) groups is 1. The highest BCUT2D eigenvalue weighted by Crippen LogP contribution is 2.19. The number of rotatable bonds is 2. The fourth-order valence-corrected chi connectivity index (χ4v) is 1.40. The van der Waals surface area contributed by atoms with E-state index in [0.717, 1.165) is 0 Å². The van der Waals surface area contributed by atoms with E-state index < -0.39 is 5.97 Å². The molecule has 0 aliphatic heterocycles. The minimum atomic E-state index is -0.394. The van der Waals surface area contributed by atoms with Crippen molar-refractivity contribution in [2.24, 2.45) is 0 Å². The predicted molar refractivity (Wildman–Crippen MR) is 56.5 cm³/mol. The maximum Gasteiger partial charge on any atom is 0.304 e. The predicted octanol–water partition coefficient (Wildman–Crippen LogP) is 0.582. The van der Waals surface area contributed by atoms with Gasteiger partial charge >= 0.3 is 5.97 Å². The average molecular weight is 242 g/mol. The molecule has 2 rings (SSSR count). The monoisotopic (exact) mass is 241 g/mol. The van der Waals surface area contributed by atoms with Crippen molar-refractivity contribution in [1.29, 1.82) is 0 Å². The standard InChI is InChI=1S/C8H8ClN5O2/c1-4(15)16-3-14-2-11-5-6(9)12-8(10)13-7(5)14/h2H,3H2,1H3,(H2,10,12,13). The number of esters is 1. The smallest absolute Gasteiger partial charge is 0.304 e. The zero-order valence-corrected chi connectivity index (χ0v) is 9.10. The lowest BCUT2D eigenvalue weighted by Gasteiger charge is -2.03. The summed E-state index contributed by atoms with van der Waals surface area (Å²) in [6.45, 7) is 1.33. The Morgan fingerprint density at radius 3 is 3.06 bits per heavy atom. The minimum absolute atomic E-state index is 0.0125. The van der Waals surface area contributed by atoms with E-state index >= 15 is 0 Å². The second-order valence-corrected chi connectivity index (χ2v) is 3.38. The second kappa shape index (κ2) is 3.93. The number of imidazole rings is 1. The van der Waals surface area contributed by atoms with Crippen LogP contribution in [0.1, 0.15) is 6.92 Å². The molecule has 0 saturated heterocycles. The summed E-state index contributed by atoms with van der Waals surface area (Å²) in [6, 6.07) is 0. The zero-order chi connectivity index (χ0) is 11.7. The summed E-state index contributed by atoms with van der Waals surface area (Å²) in [6.07, 6.45) is 1.45. The van der Waals surface area contributed by atoms with E-state index in [1.54, 1.807) is 0 Å². The maximum absolute atomic E-state index is 10.7. The van der Waals surface area contributed by atoms with Crippen LogP contribution in [0.15, 0.2) is 6.33 Å². The summed E-state index contributed by atoms with van der Waals surface area (Å²) in [4.78, 5) is 22.4. The number of hydrogen-bond donors (Lipinski definition) is 1. The molecular formula is C8H8ClN5O2. The topological polar surface area (TPSA) is 95.9 Å². The van der Waals surface area contributed by atoms with Crippen LogP contribution in [0.4, 0.5) is 5.95 Å². The van der Waals surface area contributed by atoms with Gasteiger partial charge in [-0.2, -0.15) is 9.97 Å². The lowest BCUT2D eigenvalue weighted by Crippen LogP contribution is -2.06. The van der Waals surface area contributed by atoms with Gasteiger partial charge in [0, 0.05) is 6.92 Å². The van der Waals surface area contributed by atoms with Gasteiger partial charge in [0.05, 0.1) is 6.33 Å². The Morgan fingerprint density at radius 2 is 2.38 bits per heavy atom. The van der Waals surface area contributed by atoms with Gasteiger partial charge < -0.3 is 10.5 Å². The van der Waals surface area contributed by atoms with Crippen LogP contribution < -0.4 is 5.73 Å². The van der Waals surface area contributed by atoms with Gasteiger partial charge in [-0.05, 0) is 0 Å². The summed E-state index contributed by atoms with van der Waals surface area (Å²) < 4.78 is 6.33. The third kappa shape index (κ3) is 1.89. The molecule has 0 saturated carbocycles. The Balaban J connectivity index is 2.43. The number of halogens is 1. The fourth-order valence-electron chi connectivity index (χ4n) is 1.18. The molecule has 0 spiro atoms. The van der Waals surface area contributed by atoms with Gasteiger partial charge in [0.2, 0.25) is 5.95 Å². The van der Waals surface area contributed by atoms with Gasteiger partial charge in [-0.1, -0.05) is 11.6 Å². The van der Waals surface area contributed by atoms with Crippen LogP contribution in [-0.2, 0) is 16.3 Å². The quantitative estimate of drug-likeness (QED) is 0.610. The first-order chi connectivity index (χ1) is 7.58. The molecule has 84 valence electrons. The molecule has 7 nitrogen and oxygen atoms in total. The SMILES string of the molecule is CC(=O)OCn1cnc2c(Cl)nc(N)nc21. The van der Waals surface area contributed by atoms with Crippen molar-refractivity contribution in [2.75, 3.05) is 5.73 Å². The second-order valence-electron chi connectivity index (χ2n) is 3.02. The average Bonchev–Trinajstić information content (AvgIpc) is 2.58. The van der Waals surface area contributed by atoms with Crippen LogP contribution in [-0.4, -0.2) is 25.5 Å². The molecule has 0 atom stereocenters. The van der Waals surface area contributed by atoms with Crippen molar-refractivity contribution in [1.82, 2.24) is 19.5 Å². The number of hydrogen-bond acceptors (Lipinski definition) is 6. The number of ether oxygens (including phenoxy) is 1. The molecule has 2 aromatic heterocycles. The molecule has 8 heteroatoms. The van der Waals surface area contributed by atoms with E-state index in [1.807, 2.05) is 0 Å². The van der Waals surface area contributed by atoms with Gasteiger partial charge in [-0.15, -0.1) is 0 Å². The summed E-state index contributed by atoms with van der Waals surface area (Å²) in [5, 5.41) is 0.170. The third-order valence-electron chi connectivity index (χ3n) is 1.85. The van der Waals surface area contributed by atoms with Crippen LogP contribution in [0.2, 0.25) is 5.15 Å². The zero-order valence-electron chi connectivity index (χ0n) is 8.35. The largest absolute Gasteiger partial charge is 0.444 e. The fraction of sp³-hybridized carbons (Fsp3) is 0.250. The van der Waals surface area contributed by atoms with Crippen molar-refractivity contribution in [3.63, 3.8) is 0 Å². The molecule has 0 fully saturated rings. The van der Waals surface area contributed by atoms with Gasteiger partial charge in [0.15, 0.2) is 17.5 Å². The summed E-state index contributed by atoms with van der Waals surface area (Å²) >= 11 is 5.82. The van der Waals surface area contributed by atoms with Crippen molar-refractivity contribution in [3.8, 4) is 0 Å². The molecule has 0 radical (unpaired) electrons.